The van der Waals surface area contributed by atoms with Crippen molar-refractivity contribution in [2.24, 2.45) is 5.92 Å². The molecule has 2 rings (SSSR count). The van der Waals surface area contributed by atoms with Gasteiger partial charge in [-0.2, -0.15) is 13.2 Å². The second-order valence-corrected chi connectivity index (χ2v) is 5.52. The first-order valence-electron chi connectivity index (χ1n) is 6.89. The number of carbonyl (C=O) groups is 1. The Kier molecular flexibility index (Phi) is 4.56. The van der Waals surface area contributed by atoms with E-state index >= 15 is 0 Å². The van der Waals surface area contributed by atoms with Gasteiger partial charge in [-0.05, 0) is 44.5 Å². The number of phenols is 1. The minimum absolute atomic E-state index is 0.00846. The molecule has 116 valence electrons. The van der Waals surface area contributed by atoms with Crippen molar-refractivity contribution in [1.29, 1.82) is 0 Å². The first-order valence-corrected chi connectivity index (χ1v) is 6.89. The predicted octanol–water partition coefficient (Wildman–Crippen LogP) is 3.37. The highest BCUT2D eigenvalue weighted by Gasteiger charge is 2.41. The van der Waals surface area contributed by atoms with Crippen molar-refractivity contribution in [2.45, 2.75) is 32.5 Å². The Morgan fingerprint density at radius 2 is 2.14 bits per heavy atom. The Bertz CT molecular complexity index is 528. The van der Waals surface area contributed by atoms with Gasteiger partial charge in [-0.25, -0.2) is 0 Å². The topological polar surface area (TPSA) is 40.5 Å². The molecule has 1 unspecified atom stereocenters. The molecule has 0 spiro atoms. The van der Waals surface area contributed by atoms with Crippen molar-refractivity contribution in [3.63, 3.8) is 0 Å². The van der Waals surface area contributed by atoms with Crippen LogP contribution < -0.4 is 0 Å². The first-order chi connectivity index (χ1) is 9.77. The summed E-state index contributed by atoms with van der Waals surface area (Å²) in [6.45, 7) is 2.14. The normalized spacial score (nSPS) is 20.5. The number of rotatable bonds is 3. The highest BCUT2D eigenvalue weighted by Crippen LogP contribution is 2.34. The maximum Gasteiger partial charge on any atom is 0.393 e. The summed E-state index contributed by atoms with van der Waals surface area (Å²) in [7, 11) is 0. The zero-order valence-corrected chi connectivity index (χ0v) is 11.8. The van der Waals surface area contributed by atoms with Crippen LogP contribution in [0.1, 0.15) is 35.7 Å². The third kappa shape index (κ3) is 3.97. The lowest BCUT2D eigenvalue weighted by Crippen LogP contribution is -2.41. The molecule has 1 heterocycles. The predicted molar refractivity (Wildman–Crippen MR) is 72.2 cm³/mol. The lowest BCUT2D eigenvalue weighted by atomic mass is 9.96. The summed E-state index contributed by atoms with van der Waals surface area (Å²) in [5, 5.41) is 9.81. The van der Waals surface area contributed by atoms with E-state index in [-0.39, 0.29) is 31.0 Å². The lowest BCUT2D eigenvalue weighted by Gasteiger charge is -2.33. The van der Waals surface area contributed by atoms with Crippen LogP contribution in [0.3, 0.4) is 0 Å². The van der Waals surface area contributed by atoms with E-state index < -0.39 is 12.1 Å². The molecule has 21 heavy (non-hydrogen) atoms. The van der Waals surface area contributed by atoms with Gasteiger partial charge in [0.2, 0.25) is 0 Å². The molecule has 6 heteroatoms. The summed E-state index contributed by atoms with van der Waals surface area (Å²) >= 11 is 0. The number of carbonyl (C=O) groups excluding carboxylic acids is 1. The number of likely N-dealkylation sites (tertiary alicyclic amines) is 1. The van der Waals surface area contributed by atoms with Crippen LogP contribution >= 0.6 is 0 Å². The van der Waals surface area contributed by atoms with Crippen LogP contribution in [-0.4, -0.2) is 35.1 Å². The quantitative estimate of drug-likeness (QED) is 0.870. The third-order valence-electron chi connectivity index (χ3n) is 3.85. The van der Waals surface area contributed by atoms with Crippen molar-refractivity contribution in [3.05, 3.63) is 29.3 Å². The lowest BCUT2D eigenvalue weighted by molar-refractivity contribution is -0.187. The highest BCUT2D eigenvalue weighted by molar-refractivity contribution is 5.94. The Labute approximate surface area is 121 Å². The van der Waals surface area contributed by atoms with Crippen LogP contribution in [0.15, 0.2) is 18.2 Å². The van der Waals surface area contributed by atoms with E-state index in [1.54, 1.807) is 11.0 Å². The van der Waals surface area contributed by atoms with Crippen LogP contribution in [0.2, 0.25) is 0 Å². The van der Waals surface area contributed by atoms with Crippen LogP contribution in [0.5, 0.6) is 5.75 Å². The maximum atomic E-state index is 12.8. The number of hydrogen-bond donors (Lipinski definition) is 1. The molecule has 0 amide bonds. The number of ketones is 1. The van der Waals surface area contributed by atoms with Gasteiger partial charge in [0.05, 0.1) is 5.92 Å². The van der Waals surface area contributed by atoms with Gasteiger partial charge in [0.15, 0.2) is 5.78 Å². The van der Waals surface area contributed by atoms with Crippen LogP contribution in [0.4, 0.5) is 13.2 Å². The first kappa shape index (κ1) is 15.8. The van der Waals surface area contributed by atoms with Crippen molar-refractivity contribution in [2.75, 3.05) is 13.1 Å². The van der Waals surface area contributed by atoms with E-state index in [0.29, 0.717) is 24.1 Å². The molecular formula is C15H18F3NO2. The van der Waals surface area contributed by atoms with Crippen molar-refractivity contribution in [1.82, 2.24) is 4.90 Å². The minimum atomic E-state index is -4.18. The summed E-state index contributed by atoms with van der Waals surface area (Å²) in [5.41, 5.74) is 0.942. The van der Waals surface area contributed by atoms with Gasteiger partial charge in [0.25, 0.3) is 0 Å². The van der Waals surface area contributed by atoms with Crippen molar-refractivity contribution in [3.8, 4) is 5.75 Å². The molecule has 1 fully saturated rings. The molecule has 1 atom stereocenters. The molecule has 0 aromatic heterocycles. The average Bonchev–Trinajstić information content (AvgIpc) is 2.40. The Balaban J connectivity index is 2.11. The molecule has 1 aliphatic rings. The fourth-order valence-corrected chi connectivity index (χ4v) is 2.64. The fraction of sp³-hybridized carbons (Fsp3) is 0.533. The summed E-state index contributed by atoms with van der Waals surface area (Å²) in [6, 6.07) is 4.47. The molecular weight excluding hydrogens is 283 g/mol. The number of aromatic hydroxyl groups is 1. The van der Waals surface area contributed by atoms with E-state index in [1.165, 1.54) is 19.1 Å². The highest BCUT2D eigenvalue weighted by atomic mass is 19.4. The molecule has 1 saturated heterocycles. The largest absolute Gasteiger partial charge is 0.508 e. The van der Waals surface area contributed by atoms with Crippen LogP contribution in [0, 0.1) is 5.92 Å². The van der Waals surface area contributed by atoms with E-state index in [9.17, 15) is 23.1 Å². The van der Waals surface area contributed by atoms with Gasteiger partial charge in [-0.3, -0.25) is 9.69 Å². The molecule has 0 radical (unpaired) electrons. The number of Topliss-reactive ketones (excluding diaryl/α,β-unsaturated/α-hetero) is 1. The summed E-state index contributed by atoms with van der Waals surface area (Å²) in [5.74, 6) is -1.44. The third-order valence-corrected chi connectivity index (χ3v) is 3.85. The molecule has 0 saturated carbocycles. The molecule has 0 bridgehead atoms. The van der Waals surface area contributed by atoms with Gasteiger partial charge in [0.1, 0.15) is 5.75 Å². The zero-order valence-electron chi connectivity index (χ0n) is 11.8. The number of alkyl halides is 3. The van der Waals surface area contributed by atoms with Gasteiger partial charge >= 0.3 is 6.18 Å². The summed E-state index contributed by atoms with van der Waals surface area (Å²) in [4.78, 5) is 13.0. The zero-order chi connectivity index (χ0) is 15.6. The molecule has 3 nitrogen and oxygen atoms in total. The number of piperidine rings is 1. The number of halogens is 3. The van der Waals surface area contributed by atoms with Crippen LogP contribution in [0.25, 0.3) is 0 Å². The van der Waals surface area contributed by atoms with Crippen molar-refractivity contribution < 1.29 is 23.1 Å². The summed E-state index contributed by atoms with van der Waals surface area (Å²) in [6.07, 6.45) is -3.54. The standard InChI is InChI=1S/C15H18F3NO2/c1-10(20)11-4-5-14(21)12(7-11)8-19-6-2-3-13(9-19)15(16,17)18/h4-5,7,13,21H,2-3,6,8-9H2,1H3. The molecule has 1 aliphatic heterocycles. The molecule has 0 aliphatic carbocycles. The number of nitrogens with zero attached hydrogens (tertiary/aromatic N) is 1. The molecule has 1 aromatic rings. The molecule has 1 aromatic carbocycles. The second-order valence-electron chi connectivity index (χ2n) is 5.52. The van der Waals surface area contributed by atoms with E-state index in [1.807, 2.05) is 0 Å². The monoisotopic (exact) mass is 301 g/mol. The second kappa shape index (κ2) is 6.05. The van der Waals surface area contributed by atoms with Crippen LogP contribution in [-0.2, 0) is 6.54 Å². The maximum absolute atomic E-state index is 12.8. The smallest absolute Gasteiger partial charge is 0.393 e. The van der Waals surface area contributed by atoms with Gasteiger partial charge in [-0.1, -0.05) is 0 Å². The molecule has 1 N–H and O–H groups in total. The Morgan fingerprint density at radius 3 is 2.76 bits per heavy atom. The number of hydrogen-bond acceptors (Lipinski definition) is 3. The Hall–Kier alpha value is -1.56. The van der Waals surface area contributed by atoms with E-state index in [2.05, 4.69) is 0 Å². The average molecular weight is 301 g/mol. The SMILES string of the molecule is CC(=O)c1ccc(O)c(CN2CCCC(C(F)(F)F)C2)c1. The Morgan fingerprint density at radius 1 is 1.43 bits per heavy atom. The minimum Gasteiger partial charge on any atom is -0.508 e. The number of phenolic OH excluding ortho intramolecular Hbond substituents is 1. The summed E-state index contributed by atoms with van der Waals surface area (Å²) < 4.78 is 38.3. The van der Waals surface area contributed by atoms with Crippen molar-refractivity contribution >= 4 is 5.78 Å². The fourth-order valence-electron chi connectivity index (χ4n) is 2.64. The van der Waals surface area contributed by atoms with Gasteiger partial charge in [0, 0.05) is 24.2 Å². The van der Waals surface area contributed by atoms with Gasteiger partial charge < -0.3 is 5.11 Å². The van der Waals surface area contributed by atoms with E-state index in [4.69, 9.17) is 0 Å². The number of benzene rings is 1. The van der Waals surface area contributed by atoms with E-state index in [0.717, 1.165) is 0 Å². The van der Waals surface area contributed by atoms with Gasteiger partial charge in [-0.15, -0.1) is 0 Å².